The van der Waals surface area contributed by atoms with Gasteiger partial charge in [0.15, 0.2) is 5.82 Å². The molecule has 1 unspecified atom stereocenters. The van der Waals surface area contributed by atoms with E-state index < -0.39 is 23.0 Å². The molecule has 0 spiro atoms. The largest absolute Gasteiger partial charge is 0.416 e. The van der Waals surface area contributed by atoms with E-state index >= 15 is 0 Å². The number of aromatic nitrogens is 4. The Balaban J connectivity index is 2.07. The summed E-state index contributed by atoms with van der Waals surface area (Å²) in [6.45, 7) is 3.39. The third kappa shape index (κ3) is 4.80. The van der Waals surface area contributed by atoms with Crippen LogP contribution in [-0.4, -0.2) is 26.5 Å². The van der Waals surface area contributed by atoms with E-state index in [1.54, 1.807) is 13.8 Å². The molecule has 8 nitrogen and oxygen atoms in total. The van der Waals surface area contributed by atoms with E-state index in [2.05, 4.69) is 30.0 Å². The fraction of sp³-hybridized carbons (Fsp3) is 0.350. The third-order valence-electron chi connectivity index (χ3n) is 5.16. The van der Waals surface area contributed by atoms with Crippen molar-refractivity contribution in [3.05, 3.63) is 79.7 Å². The molecule has 32 heavy (non-hydrogen) atoms. The first-order chi connectivity index (χ1) is 15.0. The molecule has 0 saturated carbocycles. The number of hydrogen-bond acceptors (Lipinski definition) is 4. The molecule has 0 amide bonds. The minimum atomic E-state index is -4.68. The second-order valence-corrected chi connectivity index (χ2v) is 7.44. The zero-order valence-corrected chi connectivity index (χ0v) is 17.2. The minimum Gasteiger partial charge on any atom is -0.340 e. The third-order valence-corrected chi connectivity index (χ3v) is 5.16. The summed E-state index contributed by atoms with van der Waals surface area (Å²) in [5.41, 5.74) is 6.60. The Morgan fingerprint density at radius 3 is 2.59 bits per heavy atom. The topological polar surface area (TPSA) is 123 Å². The molecule has 168 valence electrons. The molecule has 0 aliphatic rings. The van der Waals surface area contributed by atoms with E-state index in [4.69, 9.17) is 5.53 Å². The average molecular weight is 449 g/mol. The molecule has 0 fully saturated rings. The quantitative estimate of drug-likeness (QED) is 0.173. The summed E-state index contributed by atoms with van der Waals surface area (Å²) < 4.78 is 53.9. The van der Waals surface area contributed by atoms with Crippen LogP contribution in [0.3, 0.4) is 0 Å². The van der Waals surface area contributed by atoms with Crippen LogP contribution in [0.25, 0.3) is 22.0 Å². The number of azide groups is 1. The van der Waals surface area contributed by atoms with Crippen LogP contribution in [0, 0.1) is 12.7 Å². The van der Waals surface area contributed by atoms with Crippen LogP contribution in [0.15, 0.2) is 40.4 Å². The van der Waals surface area contributed by atoms with Crippen molar-refractivity contribution in [1.82, 2.24) is 19.9 Å². The molecule has 2 aromatic heterocycles. The highest BCUT2D eigenvalue weighted by molar-refractivity contribution is 5.50. The van der Waals surface area contributed by atoms with Crippen LogP contribution in [-0.2, 0) is 11.6 Å². The van der Waals surface area contributed by atoms with Crippen LogP contribution >= 0.6 is 0 Å². The van der Waals surface area contributed by atoms with Gasteiger partial charge >= 0.3 is 6.18 Å². The lowest BCUT2D eigenvalue weighted by molar-refractivity contribution is -0.137. The van der Waals surface area contributed by atoms with Gasteiger partial charge in [-0.3, -0.25) is 4.79 Å². The Morgan fingerprint density at radius 2 is 1.97 bits per heavy atom. The van der Waals surface area contributed by atoms with Crippen LogP contribution in [0.5, 0.6) is 0 Å². The minimum absolute atomic E-state index is 0.0247. The molecule has 3 aromatic rings. The molecular weight excluding hydrogens is 430 g/mol. The Bertz CT molecular complexity index is 1230. The van der Waals surface area contributed by atoms with Crippen LogP contribution in [0.1, 0.15) is 42.4 Å². The summed E-state index contributed by atoms with van der Waals surface area (Å²) in [7, 11) is 0. The normalized spacial score (nSPS) is 13.4. The van der Waals surface area contributed by atoms with Crippen LogP contribution in [0.2, 0.25) is 0 Å². The standard InChI is InChI=1S/C20H19F4N7O/c1-11-28-15(9-17(32)29-11)18-26-10-16(30-18)19(2,6-3-7-27-31-25)13-5-4-12(8-14(13)21)20(22,23)24/h4-5,8-10H,3,6-7H2,1-2H3,(H,26,30)(H,28,29,32). The summed E-state index contributed by atoms with van der Waals surface area (Å²) >= 11 is 0. The Hall–Kier alpha value is -3.66. The zero-order chi connectivity index (χ0) is 23.5. The van der Waals surface area contributed by atoms with Crippen molar-refractivity contribution in [2.75, 3.05) is 6.54 Å². The molecule has 2 heterocycles. The van der Waals surface area contributed by atoms with Crippen molar-refractivity contribution < 1.29 is 17.6 Å². The number of benzene rings is 1. The van der Waals surface area contributed by atoms with Gasteiger partial charge in [-0.2, -0.15) is 13.2 Å². The Kier molecular flexibility index (Phi) is 6.35. The van der Waals surface area contributed by atoms with Crippen molar-refractivity contribution >= 4 is 0 Å². The summed E-state index contributed by atoms with van der Waals surface area (Å²) in [6.07, 6.45) is -2.66. The average Bonchev–Trinajstić information content (AvgIpc) is 3.20. The number of halogens is 4. The lowest BCUT2D eigenvalue weighted by Crippen LogP contribution is -2.26. The van der Waals surface area contributed by atoms with Gasteiger partial charge in [0.1, 0.15) is 17.3 Å². The SMILES string of the molecule is Cc1nc(-c2ncc(C(C)(CCCN=[N+]=[N-])c3ccc(C(F)(F)F)cc3F)[nH]2)cc(=O)[nH]1. The predicted octanol–water partition coefficient (Wildman–Crippen LogP) is 5.02. The molecule has 3 rings (SSSR count). The van der Waals surface area contributed by atoms with Crippen molar-refractivity contribution in [3.8, 4) is 11.5 Å². The number of aryl methyl sites for hydroxylation is 1. The van der Waals surface area contributed by atoms with Crippen LogP contribution in [0.4, 0.5) is 17.6 Å². The van der Waals surface area contributed by atoms with E-state index in [1.807, 2.05) is 0 Å². The molecule has 1 atom stereocenters. The van der Waals surface area contributed by atoms with Gasteiger partial charge in [-0.05, 0) is 49.9 Å². The second kappa shape index (κ2) is 8.83. The van der Waals surface area contributed by atoms with E-state index in [1.165, 1.54) is 12.3 Å². The smallest absolute Gasteiger partial charge is 0.340 e. The van der Waals surface area contributed by atoms with Gasteiger partial charge in [0, 0.05) is 34.8 Å². The van der Waals surface area contributed by atoms with Crippen molar-refractivity contribution in [2.45, 2.75) is 38.3 Å². The first-order valence-corrected chi connectivity index (χ1v) is 9.56. The number of aromatic amines is 2. The van der Waals surface area contributed by atoms with Crippen molar-refractivity contribution in [3.63, 3.8) is 0 Å². The number of imidazole rings is 1. The number of nitrogens with one attached hydrogen (secondary N) is 2. The molecule has 1 aromatic carbocycles. The Labute approximate surface area is 179 Å². The van der Waals surface area contributed by atoms with Gasteiger partial charge < -0.3 is 9.97 Å². The fourth-order valence-corrected chi connectivity index (χ4v) is 3.53. The molecule has 0 aliphatic carbocycles. The predicted molar refractivity (Wildman–Crippen MR) is 108 cm³/mol. The maximum Gasteiger partial charge on any atom is 0.416 e. The van der Waals surface area contributed by atoms with E-state index in [0.717, 1.165) is 12.1 Å². The number of H-pyrrole nitrogens is 2. The van der Waals surface area contributed by atoms with Gasteiger partial charge in [-0.25, -0.2) is 14.4 Å². The fourth-order valence-electron chi connectivity index (χ4n) is 3.53. The highest BCUT2D eigenvalue weighted by Gasteiger charge is 2.36. The summed E-state index contributed by atoms with van der Waals surface area (Å²) in [4.78, 5) is 28.4. The summed E-state index contributed by atoms with van der Waals surface area (Å²) in [6, 6.07) is 3.62. The lowest BCUT2D eigenvalue weighted by atomic mass is 9.75. The van der Waals surface area contributed by atoms with E-state index in [-0.39, 0.29) is 35.6 Å². The number of rotatable bonds is 7. The molecule has 0 bridgehead atoms. The first-order valence-electron chi connectivity index (χ1n) is 9.56. The van der Waals surface area contributed by atoms with Gasteiger partial charge in [-0.15, -0.1) is 0 Å². The molecule has 2 N–H and O–H groups in total. The van der Waals surface area contributed by atoms with Gasteiger partial charge in [-0.1, -0.05) is 11.2 Å². The maximum atomic E-state index is 14.9. The zero-order valence-electron chi connectivity index (χ0n) is 17.2. The lowest BCUT2D eigenvalue weighted by Gasteiger charge is -2.30. The van der Waals surface area contributed by atoms with Crippen molar-refractivity contribution in [1.29, 1.82) is 0 Å². The highest BCUT2D eigenvalue weighted by atomic mass is 19.4. The van der Waals surface area contributed by atoms with Crippen LogP contribution < -0.4 is 5.56 Å². The first kappa shape index (κ1) is 23.0. The summed E-state index contributed by atoms with van der Waals surface area (Å²) in [5, 5.41) is 3.47. The molecule has 0 radical (unpaired) electrons. The summed E-state index contributed by atoms with van der Waals surface area (Å²) in [5.74, 6) is -0.397. The van der Waals surface area contributed by atoms with E-state index in [0.29, 0.717) is 24.0 Å². The number of nitrogens with zero attached hydrogens (tertiary/aromatic N) is 5. The van der Waals surface area contributed by atoms with Gasteiger partial charge in [0.2, 0.25) is 0 Å². The molecule has 0 aliphatic heterocycles. The monoisotopic (exact) mass is 449 g/mol. The van der Waals surface area contributed by atoms with Gasteiger partial charge in [0.05, 0.1) is 5.56 Å². The highest BCUT2D eigenvalue weighted by Crippen LogP contribution is 2.39. The number of alkyl halides is 3. The van der Waals surface area contributed by atoms with Gasteiger partial charge in [0.25, 0.3) is 5.56 Å². The Morgan fingerprint density at radius 1 is 1.22 bits per heavy atom. The van der Waals surface area contributed by atoms with E-state index in [9.17, 15) is 22.4 Å². The number of hydrogen-bond donors (Lipinski definition) is 2. The maximum absolute atomic E-state index is 14.9. The van der Waals surface area contributed by atoms with Crippen molar-refractivity contribution in [2.24, 2.45) is 5.11 Å². The molecular formula is C20H19F4N7O. The second-order valence-electron chi connectivity index (χ2n) is 7.44. The molecule has 12 heteroatoms. The molecule has 0 saturated heterocycles.